The average molecular weight is 369 g/mol. The monoisotopic (exact) mass is 368 g/mol. The van der Waals surface area contributed by atoms with E-state index in [9.17, 15) is 4.79 Å². The van der Waals surface area contributed by atoms with E-state index in [0.717, 1.165) is 36.8 Å². The first kappa shape index (κ1) is 17.4. The van der Waals surface area contributed by atoms with Crippen molar-refractivity contribution < 1.29 is 9.53 Å². The Morgan fingerprint density at radius 1 is 1.41 bits per heavy atom. The molecule has 122 valence electrons. The predicted molar refractivity (Wildman–Crippen MR) is 91.9 cm³/mol. The first-order valence-electron chi connectivity index (χ1n) is 7.84. The number of hydrogen-bond acceptors (Lipinski definition) is 3. The molecule has 0 aromatic heterocycles. The van der Waals surface area contributed by atoms with Crippen molar-refractivity contribution in [2.24, 2.45) is 5.41 Å². The van der Waals surface area contributed by atoms with Crippen LogP contribution in [0.2, 0.25) is 0 Å². The number of rotatable bonds is 7. The van der Waals surface area contributed by atoms with Crippen molar-refractivity contribution in [1.29, 1.82) is 0 Å². The summed E-state index contributed by atoms with van der Waals surface area (Å²) >= 11 is 3.46. The quantitative estimate of drug-likeness (QED) is 0.777. The Bertz CT molecular complexity index is 482. The number of halogens is 1. The summed E-state index contributed by atoms with van der Waals surface area (Å²) in [7, 11) is 1.73. The van der Waals surface area contributed by atoms with E-state index < -0.39 is 0 Å². The highest BCUT2D eigenvalue weighted by molar-refractivity contribution is 9.10. The molecule has 1 aliphatic heterocycles. The molecule has 0 aliphatic carbocycles. The second kappa shape index (κ2) is 8.65. The van der Waals surface area contributed by atoms with Gasteiger partial charge < -0.3 is 15.4 Å². The largest absolute Gasteiger partial charge is 0.384 e. The molecular formula is C17H25BrN2O2. The molecule has 1 saturated heterocycles. The summed E-state index contributed by atoms with van der Waals surface area (Å²) in [6.07, 6.45) is 3.39. The van der Waals surface area contributed by atoms with E-state index in [0.29, 0.717) is 19.6 Å². The molecule has 0 radical (unpaired) electrons. The van der Waals surface area contributed by atoms with Crippen LogP contribution in [0, 0.1) is 5.41 Å². The van der Waals surface area contributed by atoms with E-state index in [4.69, 9.17) is 4.74 Å². The Kier molecular flexibility index (Phi) is 6.86. The van der Waals surface area contributed by atoms with Crippen LogP contribution in [-0.2, 0) is 16.0 Å². The zero-order chi connectivity index (χ0) is 15.8. The van der Waals surface area contributed by atoms with Crippen LogP contribution in [0.3, 0.4) is 0 Å². The van der Waals surface area contributed by atoms with Crippen molar-refractivity contribution in [2.75, 3.05) is 33.4 Å². The van der Waals surface area contributed by atoms with Gasteiger partial charge in [-0.1, -0.05) is 28.1 Å². The van der Waals surface area contributed by atoms with Crippen LogP contribution < -0.4 is 10.6 Å². The van der Waals surface area contributed by atoms with E-state index in [1.54, 1.807) is 7.11 Å². The number of piperidine rings is 1. The summed E-state index contributed by atoms with van der Waals surface area (Å²) in [6, 6.07) is 8.11. The lowest BCUT2D eigenvalue weighted by atomic mass is 9.79. The van der Waals surface area contributed by atoms with Gasteiger partial charge in [-0.05, 0) is 50.0 Å². The van der Waals surface area contributed by atoms with Crippen LogP contribution >= 0.6 is 15.9 Å². The molecule has 0 saturated carbocycles. The smallest absolute Gasteiger partial charge is 0.220 e. The predicted octanol–water partition coefficient (Wildman–Crippen LogP) is 2.51. The van der Waals surface area contributed by atoms with Crippen molar-refractivity contribution in [3.05, 3.63) is 34.3 Å². The molecule has 1 aliphatic rings. The van der Waals surface area contributed by atoms with Crippen LogP contribution in [0.25, 0.3) is 0 Å². The molecule has 1 heterocycles. The number of carbonyl (C=O) groups is 1. The first-order chi connectivity index (χ1) is 10.6. The molecule has 5 heteroatoms. The summed E-state index contributed by atoms with van der Waals surface area (Å²) in [5.74, 6) is 0.119. The molecule has 0 atom stereocenters. The van der Waals surface area contributed by atoms with E-state index in [1.807, 2.05) is 12.1 Å². The molecule has 1 aromatic carbocycles. The highest BCUT2D eigenvalue weighted by Gasteiger charge is 2.32. The second-order valence-corrected chi connectivity index (χ2v) is 7.01. The number of aryl methyl sites for hydroxylation is 1. The molecule has 0 spiro atoms. The zero-order valence-electron chi connectivity index (χ0n) is 13.2. The van der Waals surface area contributed by atoms with Crippen LogP contribution in [0.1, 0.15) is 24.8 Å². The van der Waals surface area contributed by atoms with E-state index in [-0.39, 0.29) is 11.3 Å². The zero-order valence-corrected chi connectivity index (χ0v) is 14.7. The van der Waals surface area contributed by atoms with Gasteiger partial charge in [0.25, 0.3) is 0 Å². The van der Waals surface area contributed by atoms with Crippen LogP contribution in [0.5, 0.6) is 0 Å². The molecule has 1 aromatic rings. The lowest BCUT2D eigenvalue weighted by Crippen LogP contribution is -2.47. The van der Waals surface area contributed by atoms with Crippen LogP contribution in [0.15, 0.2) is 28.7 Å². The molecule has 1 fully saturated rings. The maximum absolute atomic E-state index is 12.1. The standard InChI is InChI=1S/C17H25BrN2O2/c1-22-13-17(7-9-19-10-8-17)12-20-16(21)6-5-14-3-2-4-15(18)11-14/h2-4,11,19H,5-10,12-13H2,1H3,(H,20,21). The Morgan fingerprint density at radius 3 is 2.86 bits per heavy atom. The van der Waals surface area contributed by atoms with E-state index >= 15 is 0 Å². The van der Waals surface area contributed by atoms with Crippen molar-refractivity contribution in [2.45, 2.75) is 25.7 Å². The summed E-state index contributed by atoms with van der Waals surface area (Å²) in [4.78, 5) is 12.1. The van der Waals surface area contributed by atoms with Gasteiger partial charge in [-0.2, -0.15) is 0 Å². The number of amides is 1. The van der Waals surface area contributed by atoms with Gasteiger partial charge in [0.15, 0.2) is 0 Å². The molecule has 0 bridgehead atoms. The number of ether oxygens (including phenoxy) is 1. The van der Waals surface area contributed by atoms with Gasteiger partial charge in [-0.3, -0.25) is 4.79 Å². The van der Waals surface area contributed by atoms with Crippen molar-refractivity contribution in [3.8, 4) is 0 Å². The molecule has 22 heavy (non-hydrogen) atoms. The Labute approximate surface area is 141 Å². The van der Waals surface area contributed by atoms with Gasteiger partial charge >= 0.3 is 0 Å². The minimum Gasteiger partial charge on any atom is -0.384 e. The van der Waals surface area contributed by atoms with Gasteiger partial charge in [0.2, 0.25) is 5.91 Å². The fraction of sp³-hybridized carbons (Fsp3) is 0.588. The van der Waals surface area contributed by atoms with Crippen molar-refractivity contribution in [1.82, 2.24) is 10.6 Å². The summed E-state index contributed by atoms with van der Waals surface area (Å²) in [5.41, 5.74) is 1.27. The molecule has 2 N–H and O–H groups in total. The third-order valence-electron chi connectivity index (χ3n) is 4.31. The summed E-state index contributed by atoms with van der Waals surface area (Å²) in [5, 5.41) is 6.47. The topological polar surface area (TPSA) is 50.4 Å². The van der Waals surface area contributed by atoms with Gasteiger partial charge in [-0.15, -0.1) is 0 Å². The number of nitrogens with one attached hydrogen (secondary N) is 2. The van der Waals surface area contributed by atoms with Crippen LogP contribution in [0.4, 0.5) is 0 Å². The number of carbonyl (C=O) groups excluding carboxylic acids is 1. The van der Waals surface area contributed by atoms with E-state index in [2.05, 4.69) is 38.7 Å². The van der Waals surface area contributed by atoms with Crippen molar-refractivity contribution in [3.63, 3.8) is 0 Å². The normalized spacial score (nSPS) is 17.2. The maximum atomic E-state index is 12.1. The van der Waals surface area contributed by atoms with Gasteiger partial charge in [0.1, 0.15) is 0 Å². The fourth-order valence-electron chi connectivity index (χ4n) is 2.96. The molecule has 0 unspecified atom stereocenters. The maximum Gasteiger partial charge on any atom is 0.220 e. The molecule has 1 amide bonds. The Balaban J connectivity index is 1.78. The number of benzene rings is 1. The minimum absolute atomic E-state index is 0.0887. The SMILES string of the molecule is COCC1(CNC(=O)CCc2cccc(Br)c2)CCNCC1. The highest BCUT2D eigenvalue weighted by Crippen LogP contribution is 2.28. The lowest BCUT2D eigenvalue weighted by molar-refractivity contribution is -0.122. The molecule has 4 nitrogen and oxygen atoms in total. The summed E-state index contributed by atoms with van der Waals surface area (Å²) < 4.78 is 6.43. The molecule has 2 rings (SSSR count). The first-order valence-corrected chi connectivity index (χ1v) is 8.64. The lowest BCUT2D eigenvalue weighted by Gasteiger charge is -2.37. The minimum atomic E-state index is 0.0887. The van der Waals surface area contributed by atoms with Gasteiger partial charge in [-0.25, -0.2) is 0 Å². The van der Waals surface area contributed by atoms with Crippen LogP contribution in [-0.4, -0.2) is 39.3 Å². The second-order valence-electron chi connectivity index (χ2n) is 6.09. The summed E-state index contributed by atoms with van der Waals surface area (Å²) in [6.45, 7) is 3.41. The van der Waals surface area contributed by atoms with Gasteiger partial charge in [0, 0.05) is 30.0 Å². The Hall–Kier alpha value is -0.910. The molecular weight excluding hydrogens is 344 g/mol. The van der Waals surface area contributed by atoms with E-state index in [1.165, 1.54) is 5.56 Å². The number of methoxy groups -OCH3 is 1. The highest BCUT2D eigenvalue weighted by atomic mass is 79.9. The number of hydrogen-bond donors (Lipinski definition) is 2. The van der Waals surface area contributed by atoms with Gasteiger partial charge in [0.05, 0.1) is 6.61 Å². The third kappa shape index (κ3) is 5.38. The fourth-order valence-corrected chi connectivity index (χ4v) is 3.41. The Morgan fingerprint density at radius 2 is 2.18 bits per heavy atom. The third-order valence-corrected chi connectivity index (χ3v) is 4.80. The average Bonchev–Trinajstić information content (AvgIpc) is 2.52. The van der Waals surface area contributed by atoms with Crippen molar-refractivity contribution >= 4 is 21.8 Å².